The highest BCUT2D eigenvalue weighted by Gasteiger charge is 2.30. The van der Waals surface area contributed by atoms with Crippen molar-refractivity contribution in [2.45, 2.75) is 38.6 Å². The van der Waals surface area contributed by atoms with Gasteiger partial charge < -0.3 is 9.64 Å². The first kappa shape index (κ1) is 16.6. The second-order valence-electron chi connectivity index (χ2n) is 6.81. The van der Waals surface area contributed by atoms with Gasteiger partial charge in [0.25, 0.3) is 0 Å². The monoisotopic (exact) mass is 323 g/mol. The van der Waals surface area contributed by atoms with Crippen LogP contribution < -0.4 is 4.90 Å². The fourth-order valence-corrected chi connectivity index (χ4v) is 3.42. The lowest BCUT2D eigenvalue weighted by Crippen LogP contribution is -2.22. The molecule has 0 aliphatic carbocycles. The van der Waals surface area contributed by atoms with Crippen LogP contribution in [0.2, 0.25) is 0 Å². The maximum atomic E-state index is 11.7. The lowest BCUT2D eigenvalue weighted by molar-refractivity contribution is -0.141. The number of nitrogens with zero attached hydrogens (tertiary/aromatic N) is 1. The van der Waals surface area contributed by atoms with E-state index in [0.717, 1.165) is 13.1 Å². The Labute approximate surface area is 144 Å². The van der Waals surface area contributed by atoms with Crippen molar-refractivity contribution in [3.05, 3.63) is 65.2 Å². The Morgan fingerprint density at radius 2 is 1.88 bits per heavy atom. The van der Waals surface area contributed by atoms with Gasteiger partial charge in [0, 0.05) is 24.7 Å². The predicted octanol–water partition coefficient (Wildman–Crippen LogP) is 4.48. The number of benzene rings is 2. The molecule has 1 atom stereocenters. The van der Waals surface area contributed by atoms with Crippen molar-refractivity contribution in [1.82, 2.24) is 0 Å². The van der Waals surface area contributed by atoms with Gasteiger partial charge in [-0.15, -0.1) is 0 Å². The SMILES string of the molecule is COC(=O)CC1CN(Cc2ccc(C(C)C)cc2)c2ccccc21. The van der Waals surface area contributed by atoms with Gasteiger partial charge in [0.15, 0.2) is 0 Å². The number of anilines is 1. The van der Waals surface area contributed by atoms with Crippen LogP contribution in [0.15, 0.2) is 48.5 Å². The molecular weight excluding hydrogens is 298 g/mol. The molecule has 3 nitrogen and oxygen atoms in total. The quantitative estimate of drug-likeness (QED) is 0.760. The summed E-state index contributed by atoms with van der Waals surface area (Å²) < 4.78 is 4.86. The second-order valence-corrected chi connectivity index (χ2v) is 6.81. The first-order chi connectivity index (χ1) is 11.6. The first-order valence-electron chi connectivity index (χ1n) is 8.58. The first-order valence-corrected chi connectivity index (χ1v) is 8.58. The third-order valence-electron chi connectivity index (χ3n) is 4.82. The molecule has 2 aromatic rings. The van der Waals surface area contributed by atoms with Crippen LogP contribution in [0, 0.1) is 0 Å². The molecule has 1 aliphatic heterocycles. The number of para-hydroxylation sites is 1. The van der Waals surface area contributed by atoms with Crippen molar-refractivity contribution in [2.24, 2.45) is 0 Å². The van der Waals surface area contributed by atoms with E-state index in [2.05, 4.69) is 61.2 Å². The highest BCUT2D eigenvalue weighted by atomic mass is 16.5. The molecule has 24 heavy (non-hydrogen) atoms. The maximum Gasteiger partial charge on any atom is 0.306 e. The number of carbonyl (C=O) groups is 1. The summed E-state index contributed by atoms with van der Waals surface area (Å²) in [6, 6.07) is 17.2. The van der Waals surface area contributed by atoms with E-state index in [1.807, 2.05) is 6.07 Å². The summed E-state index contributed by atoms with van der Waals surface area (Å²) in [5.74, 6) is 0.623. The van der Waals surface area contributed by atoms with Gasteiger partial charge in [-0.25, -0.2) is 0 Å². The molecule has 0 saturated heterocycles. The van der Waals surface area contributed by atoms with Crippen molar-refractivity contribution < 1.29 is 9.53 Å². The number of methoxy groups -OCH3 is 1. The molecular formula is C21H25NO2. The number of fused-ring (bicyclic) bond motifs is 1. The number of ether oxygens (including phenoxy) is 1. The molecule has 0 radical (unpaired) electrons. The molecule has 1 heterocycles. The summed E-state index contributed by atoms with van der Waals surface area (Å²) in [5, 5.41) is 0. The van der Waals surface area contributed by atoms with Crippen molar-refractivity contribution in [3.8, 4) is 0 Å². The average molecular weight is 323 g/mol. The second kappa shape index (κ2) is 7.08. The zero-order valence-corrected chi connectivity index (χ0v) is 14.7. The lowest BCUT2D eigenvalue weighted by atomic mass is 9.98. The van der Waals surface area contributed by atoms with Crippen LogP contribution in [-0.2, 0) is 16.1 Å². The van der Waals surface area contributed by atoms with Crippen LogP contribution in [0.3, 0.4) is 0 Å². The standard InChI is InChI=1S/C21H25NO2/c1-15(2)17-10-8-16(9-11-17)13-22-14-18(12-21(23)24-3)19-6-4-5-7-20(19)22/h4-11,15,18H,12-14H2,1-3H3. The lowest BCUT2D eigenvalue weighted by Gasteiger charge is -2.20. The summed E-state index contributed by atoms with van der Waals surface area (Å²) in [7, 11) is 1.46. The van der Waals surface area contributed by atoms with Gasteiger partial charge in [-0.05, 0) is 28.7 Å². The van der Waals surface area contributed by atoms with E-state index in [9.17, 15) is 4.79 Å². The highest BCUT2D eigenvalue weighted by Crippen LogP contribution is 2.38. The van der Waals surface area contributed by atoms with E-state index >= 15 is 0 Å². The van der Waals surface area contributed by atoms with E-state index in [-0.39, 0.29) is 11.9 Å². The summed E-state index contributed by atoms with van der Waals surface area (Å²) in [4.78, 5) is 14.1. The van der Waals surface area contributed by atoms with Gasteiger partial charge >= 0.3 is 5.97 Å². The average Bonchev–Trinajstić information content (AvgIpc) is 2.93. The zero-order chi connectivity index (χ0) is 17.1. The molecule has 126 valence electrons. The third-order valence-corrected chi connectivity index (χ3v) is 4.82. The molecule has 1 aliphatic rings. The topological polar surface area (TPSA) is 29.5 Å². The minimum atomic E-state index is -0.141. The van der Waals surface area contributed by atoms with Gasteiger partial charge in [0.1, 0.15) is 0 Å². The fraction of sp³-hybridized carbons (Fsp3) is 0.381. The maximum absolute atomic E-state index is 11.7. The molecule has 1 unspecified atom stereocenters. The van der Waals surface area contributed by atoms with Gasteiger partial charge in [-0.3, -0.25) is 4.79 Å². The van der Waals surface area contributed by atoms with Crippen LogP contribution in [-0.4, -0.2) is 19.6 Å². The predicted molar refractivity (Wildman–Crippen MR) is 97.4 cm³/mol. The Kier molecular flexibility index (Phi) is 4.89. The number of hydrogen-bond donors (Lipinski definition) is 0. The van der Waals surface area contributed by atoms with Crippen LogP contribution in [0.5, 0.6) is 0 Å². The Balaban J connectivity index is 1.78. The van der Waals surface area contributed by atoms with Gasteiger partial charge in [0.05, 0.1) is 13.5 Å². The minimum absolute atomic E-state index is 0.141. The van der Waals surface area contributed by atoms with Gasteiger partial charge in [0.2, 0.25) is 0 Å². The normalized spacial score (nSPS) is 16.3. The fourth-order valence-electron chi connectivity index (χ4n) is 3.42. The third kappa shape index (κ3) is 3.45. The summed E-state index contributed by atoms with van der Waals surface area (Å²) in [5.41, 5.74) is 5.15. The van der Waals surface area contributed by atoms with Crippen molar-refractivity contribution in [1.29, 1.82) is 0 Å². The van der Waals surface area contributed by atoms with Crippen LogP contribution >= 0.6 is 0 Å². The number of carbonyl (C=O) groups excluding carboxylic acids is 1. The molecule has 0 aromatic heterocycles. The van der Waals surface area contributed by atoms with Crippen molar-refractivity contribution in [3.63, 3.8) is 0 Å². The smallest absolute Gasteiger partial charge is 0.306 e. The molecule has 0 fully saturated rings. The summed E-state index contributed by atoms with van der Waals surface area (Å²) in [6.45, 7) is 6.15. The Bertz CT molecular complexity index is 706. The molecule has 0 bridgehead atoms. The molecule has 3 rings (SSSR count). The Morgan fingerprint density at radius 3 is 2.54 bits per heavy atom. The largest absolute Gasteiger partial charge is 0.469 e. The minimum Gasteiger partial charge on any atom is -0.469 e. The van der Waals surface area contributed by atoms with E-state index in [0.29, 0.717) is 12.3 Å². The Morgan fingerprint density at radius 1 is 1.17 bits per heavy atom. The van der Waals surface area contributed by atoms with Crippen LogP contribution in [0.1, 0.15) is 48.8 Å². The number of esters is 1. The van der Waals surface area contributed by atoms with Crippen molar-refractivity contribution >= 4 is 11.7 Å². The summed E-state index contributed by atoms with van der Waals surface area (Å²) in [6.07, 6.45) is 0.441. The molecule has 0 spiro atoms. The van der Waals surface area contributed by atoms with E-state index in [4.69, 9.17) is 4.74 Å². The van der Waals surface area contributed by atoms with E-state index < -0.39 is 0 Å². The molecule has 2 aromatic carbocycles. The molecule has 3 heteroatoms. The molecule has 0 saturated carbocycles. The van der Waals surface area contributed by atoms with Crippen LogP contribution in [0.4, 0.5) is 5.69 Å². The van der Waals surface area contributed by atoms with Gasteiger partial charge in [-0.1, -0.05) is 56.3 Å². The molecule has 0 N–H and O–H groups in total. The zero-order valence-electron chi connectivity index (χ0n) is 14.7. The Hall–Kier alpha value is -2.29. The number of rotatable bonds is 5. The van der Waals surface area contributed by atoms with E-state index in [1.165, 1.54) is 29.5 Å². The van der Waals surface area contributed by atoms with Crippen molar-refractivity contribution in [2.75, 3.05) is 18.6 Å². The highest BCUT2D eigenvalue weighted by molar-refractivity contribution is 5.73. The number of hydrogen-bond acceptors (Lipinski definition) is 3. The van der Waals surface area contributed by atoms with Crippen LogP contribution in [0.25, 0.3) is 0 Å². The summed E-state index contributed by atoms with van der Waals surface area (Å²) >= 11 is 0. The van der Waals surface area contributed by atoms with E-state index in [1.54, 1.807) is 0 Å². The molecule has 0 amide bonds. The van der Waals surface area contributed by atoms with Gasteiger partial charge in [-0.2, -0.15) is 0 Å².